The van der Waals surface area contributed by atoms with E-state index in [1.165, 1.54) is 11.3 Å². The summed E-state index contributed by atoms with van der Waals surface area (Å²) < 4.78 is 5.63. The van der Waals surface area contributed by atoms with Gasteiger partial charge in [0.25, 0.3) is 11.8 Å². The molecule has 1 atom stereocenters. The number of hydrogen-bond acceptors (Lipinski definition) is 4. The predicted octanol–water partition coefficient (Wildman–Crippen LogP) is 4.25. The molecule has 2 aromatic carbocycles. The van der Waals surface area contributed by atoms with Crippen LogP contribution in [0, 0.1) is 0 Å². The Kier molecular flexibility index (Phi) is 4.89. The number of anilines is 1. The number of ether oxygens (including phenoxy) is 1. The van der Waals surface area contributed by atoms with Gasteiger partial charge in [0.15, 0.2) is 0 Å². The molecular formula is C21H18N2O3S. The number of amides is 2. The van der Waals surface area contributed by atoms with Crippen molar-refractivity contribution in [2.75, 3.05) is 11.9 Å². The Balaban J connectivity index is 1.42. The largest absolute Gasteiger partial charge is 0.493 e. The van der Waals surface area contributed by atoms with Gasteiger partial charge in [0, 0.05) is 23.2 Å². The molecule has 0 spiro atoms. The van der Waals surface area contributed by atoms with Gasteiger partial charge in [-0.25, -0.2) is 0 Å². The number of benzene rings is 2. The number of hydrogen-bond donors (Lipinski definition) is 2. The average Bonchev–Trinajstić information content (AvgIpc) is 3.24. The Hall–Kier alpha value is -3.12. The van der Waals surface area contributed by atoms with Crippen LogP contribution in [0.3, 0.4) is 0 Å². The lowest BCUT2D eigenvalue weighted by Crippen LogP contribution is -2.32. The second-order valence-corrected chi connectivity index (χ2v) is 7.16. The molecule has 0 unspecified atom stereocenters. The van der Waals surface area contributed by atoms with Crippen molar-refractivity contribution in [3.05, 3.63) is 82.0 Å². The zero-order valence-electron chi connectivity index (χ0n) is 14.5. The quantitative estimate of drug-likeness (QED) is 0.713. The zero-order valence-corrected chi connectivity index (χ0v) is 15.3. The second kappa shape index (κ2) is 7.63. The van der Waals surface area contributed by atoms with Gasteiger partial charge < -0.3 is 15.4 Å². The lowest BCUT2D eigenvalue weighted by Gasteiger charge is -2.26. The number of thiophene rings is 1. The van der Waals surface area contributed by atoms with Gasteiger partial charge in [-0.2, -0.15) is 0 Å². The van der Waals surface area contributed by atoms with Crippen LogP contribution in [0.5, 0.6) is 5.75 Å². The molecule has 6 heteroatoms. The summed E-state index contributed by atoms with van der Waals surface area (Å²) in [6, 6.07) is 18.2. The highest BCUT2D eigenvalue weighted by Crippen LogP contribution is 2.31. The van der Waals surface area contributed by atoms with Crippen molar-refractivity contribution in [2.24, 2.45) is 0 Å². The molecule has 2 N–H and O–H groups in total. The zero-order chi connectivity index (χ0) is 18.6. The van der Waals surface area contributed by atoms with Crippen LogP contribution < -0.4 is 15.4 Å². The molecule has 0 saturated carbocycles. The summed E-state index contributed by atoms with van der Waals surface area (Å²) >= 11 is 1.39. The molecule has 2 heterocycles. The molecule has 0 radical (unpaired) electrons. The first-order valence-electron chi connectivity index (χ1n) is 8.68. The topological polar surface area (TPSA) is 67.4 Å². The van der Waals surface area contributed by atoms with E-state index in [-0.39, 0.29) is 17.9 Å². The third-order valence-electron chi connectivity index (χ3n) is 4.41. The Morgan fingerprint density at radius 3 is 2.56 bits per heavy atom. The maximum atomic E-state index is 12.6. The van der Waals surface area contributed by atoms with Crippen molar-refractivity contribution >= 4 is 28.8 Å². The molecule has 1 aromatic heterocycles. The minimum atomic E-state index is -0.152. The average molecular weight is 378 g/mol. The highest BCUT2D eigenvalue weighted by Gasteiger charge is 2.23. The van der Waals surface area contributed by atoms with Crippen LogP contribution in [-0.2, 0) is 0 Å². The van der Waals surface area contributed by atoms with Gasteiger partial charge in [-0.05, 0) is 41.8 Å². The van der Waals surface area contributed by atoms with Crippen LogP contribution in [-0.4, -0.2) is 18.4 Å². The molecule has 1 aliphatic rings. The van der Waals surface area contributed by atoms with Crippen LogP contribution in [0.25, 0.3) is 0 Å². The first kappa shape index (κ1) is 17.3. The van der Waals surface area contributed by atoms with Crippen molar-refractivity contribution in [1.29, 1.82) is 0 Å². The van der Waals surface area contributed by atoms with E-state index < -0.39 is 0 Å². The van der Waals surface area contributed by atoms with Crippen molar-refractivity contribution in [2.45, 2.75) is 12.5 Å². The van der Waals surface area contributed by atoms with Crippen molar-refractivity contribution in [3.8, 4) is 5.75 Å². The third-order valence-corrected chi connectivity index (χ3v) is 5.28. The Bertz CT molecular complexity index is 952. The summed E-state index contributed by atoms with van der Waals surface area (Å²) in [5.41, 5.74) is 2.20. The minimum Gasteiger partial charge on any atom is -0.493 e. The molecule has 4 rings (SSSR count). The monoisotopic (exact) mass is 378 g/mol. The van der Waals surface area contributed by atoms with Gasteiger partial charge in [-0.1, -0.05) is 24.3 Å². The molecular weight excluding hydrogens is 360 g/mol. The van der Waals surface area contributed by atoms with Gasteiger partial charge in [0.1, 0.15) is 5.75 Å². The van der Waals surface area contributed by atoms with Gasteiger partial charge in [-0.3, -0.25) is 9.59 Å². The van der Waals surface area contributed by atoms with E-state index in [1.807, 2.05) is 35.7 Å². The van der Waals surface area contributed by atoms with E-state index in [4.69, 9.17) is 4.74 Å². The molecule has 5 nitrogen and oxygen atoms in total. The highest BCUT2D eigenvalue weighted by atomic mass is 32.1. The summed E-state index contributed by atoms with van der Waals surface area (Å²) in [7, 11) is 0. The first-order valence-corrected chi connectivity index (χ1v) is 9.56. The van der Waals surface area contributed by atoms with E-state index >= 15 is 0 Å². The number of para-hydroxylation sites is 1. The molecule has 0 fully saturated rings. The first-order chi connectivity index (χ1) is 13.2. The van der Waals surface area contributed by atoms with E-state index in [0.29, 0.717) is 22.7 Å². The minimum absolute atomic E-state index is 0.0688. The molecule has 2 amide bonds. The molecule has 0 saturated heterocycles. The van der Waals surface area contributed by atoms with Gasteiger partial charge in [0.05, 0.1) is 17.5 Å². The van der Waals surface area contributed by atoms with Crippen LogP contribution in [0.1, 0.15) is 38.1 Å². The fourth-order valence-electron chi connectivity index (χ4n) is 3.04. The van der Waals surface area contributed by atoms with Gasteiger partial charge in [0.2, 0.25) is 0 Å². The summed E-state index contributed by atoms with van der Waals surface area (Å²) in [5, 5.41) is 7.76. The van der Waals surface area contributed by atoms with Gasteiger partial charge >= 0.3 is 0 Å². The lowest BCUT2D eigenvalue weighted by atomic mass is 10.00. The molecule has 3 aromatic rings. The summed E-state index contributed by atoms with van der Waals surface area (Å²) in [6.07, 6.45) is 0.734. The van der Waals surface area contributed by atoms with E-state index in [2.05, 4.69) is 10.6 Å². The molecule has 0 aliphatic carbocycles. The number of fused-ring (bicyclic) bond motifs is 1. The second-order valence-electron chi connectivity index (χ2n) is 6.21. The van der Waals surface area contributed by atoms with E-state index in [9.17, 15) is 9.59 Å². The highest BCUT2D eigenvalue weighted by molar-refractivity contribution is 7.12. The summed E-state index contributed by atoms with van der Waals surface area (Å²) in [5.74, 6) is 0.523. The van der Waals surface area contributed by atoms with Crippen LogP contribution in [0.2, 0.25) is 0 Å². The third kappa shape index (κ3) is 3.85. The maximum Gasteiger partial charge on any atom is 0.265 e. The van der Waals surface area contributed by atoms with Gasteiger partial charge in [-0.15, -0.1) is 11.3 Å². The normalized spacial score (nSPS) is 15.3. The Morgan fingerprint density at radius 2 is 1.78 bits per heavy atom. The number of nitrogens with one attached hydrogen (secondary N) is 2. The van der Waals surface area contributed by atoms with Crippen molar-refractivity contribution in [1.82, 2.24) is 5.32 Å². The Morgan fingerprint density at radius 1 is 0.963 bits per heavy atom. The fraction of sp³-hybridized carbons (Fsp3) is 0.143. The summed E-state index contributed by atoms with van der Waals surface area (Å²) in [6.45, 7) is 0.579. The maximum absolute atomic E-state index is 12.6. The van der Waals surface area contributed by atoms with E-state index in [0.717, 1.165) is 17.7 Å². The van der Waals surface area contributed by atoms with E-state index in [1.54, 1.807) is 30.3 Å². The molecule has 1 aliphatic heterocycles. The standard InChI is InChI=1S/C21H18N2O3S/c24-20(23-17-11-12-26-18-5-2-1-4-16(17)18)14-7-9-15(10-8-14)22-21(25)19-6-3-13-27-19/h1-10,13,17H,11-12H2,(H,22,25)(H,23,24)/t17-/m1/s1. The Labute approximate surface area is 161 Å². The molecule has 136 valence electrons. The summed E-state index contributed by atoms with van der Waals surface area (Å²) in [4.78, 5) is 25.3. The number of carbonyl (C=O) groups is 2. The van der Waals surface area contributed by atoms with Crippen molar-refractivity contribution in [3.63, 3.8) is 0 Å². The predicted molar refractivity (Wildman–Crippen MR) is 105 cm³/mol. The molecule has 27 heavy (non-hydrogen) atoms. The molecule has 0 bridgehead atoms. The fourth-order valence-corrected chi connectivity index (χ4v) is 3.66. The number of rotatable bonds is 4. The van der Waals surface area contributed by atoms with Crippen molar-refractivity contribution < 1.29 is 14.3 Å². The SMILES string of the molecule is O=C(N[C@@H]1CCOc2ccccc21)c1ccc(NC(=O)c2cccs2)cc1. The lowest BCUT2D eigenvalue weighted by molar-refractivity contribution is 0.0924. The smallest absolute Gasteiger partial charge is 0.265 e. The van der Waals surface area contributed by atoms with Crippen LogP contribution in [0.4, 0.5) is 5.69 Å². The van der Waals surface area contributed by atoms with Crippen LogP contribution >= 0.6 is 11.3 Å². The number of carbonyl (C=O) groups excluding carboxylic acids is 2. The van der Waals surface area contributed by atoms with Crippen LogP contribution in [0.15, 0.2) is 66.0 Å².